The van der Waals surface area contributed by atoms with E-state index in [2.05, 4.69) is 37.6 Å². The number of piperidine rings is 2. The predicted molar refractivity (Wildman–Crippen MR) is 59.9 cm³/mol. The van der Waals surface area contributed by atoms with Gasteiger partial charge >= 0.3 is 0 Å². The van der Waals surface area contributed by atoms with Gasteiger partial charge in [-0.3, -0.25) is 0 Å². The lowest BCUT2D eigenvalue weighted by Crippen LogP contribution is -2.49. The molecule has 2 bridgehead atoms. The Morgan fingerprint density at radius 3 is 2.57 bits per heavy atom. The number of rotatable bonds is 0. The van der Waals surface area contributed by atoms with E-state index in [-0.39, 0.29) is 0 Å². The van der Waals surface area contributed by atoms with E-state index in [0.29, 0.717) is 11.8 Å². The Labute approximate surface area is 87.9 Å². The molecule has 3 atom stereocenters. The smallest absolute Gasteiger partial charge is 0.0258 e. The predicted octanol–water partition coefficient (Wildman–Crippen LogP) is 2.38. The maximum Gasteiger partial charge on any atom is 0.0258 e. The van der Waals surface area contributed by atoms with Crippen molar-refractivity contribution in [3.8, 4) is 11.8 Å². The van der Waals surface area contributed by atoms with E-state index >= 15 is 0 Å². The van der Waals surface area contributed by atoms with Gasteiger partial charge in [-0.25, -0.2) is 0 Å². The zero-order chi connectivity index (χ0) is 10.1. The molecule has 0 aromatic heterocycles. The molecule has 1 heteroatoms. The van der Waals surface area contributed by atoms with Crippen molar-refractivity contribution in [3.63, 3.8) is 0 Å². The second-order valence-electron chi connectivity index (χ2n) is 5.22. The summed E-state index contributed by atoms with van der Waals surface area (Å²) in [5, 5.41) is 0. The highest BCUT2D eigenvalue weighted by Crippen LogP contribution is 2.38. The van der Waals surface area contributed by atoms with Crippen molar-refractivity contribution in [3.05, 3.63) is 0 Å². The van der Waals surface area contributed by atoms with Gasteiger partial charge in [0.1, 0.15) is 0 Å². The first-order valence-corrected chi connectivity index (χ1v) is 5.88. The topological polar surface area (TPSA) is 3.24 Å². The fraction of sp³-hybridized carbons (Fsp3) is 0.846. The number of nitrogens with zero attached hydrogens (tertiary/aromatic N) is 1. The van der Waals surface area contributed by atoms with Gasteiger partial charge in [0.15, 0.2) is 0 Å². The highest BCUT2D eigenvalue weighted by atomic mass is 15.1. The highest BCUT2D eigenvalue weighted by Gasteiger charge is 2.37. The van der Waals surface area contributed by atoms with Crippen LogP contribution in [0.15, 0.2) is 0 Å². The van der Waals surface area contributed by atoms with Crippen molar-refractivity contribution in [2.24, 2.45) is 17.8 Å². The van der Waals surface area contributed by atoms with Crippen LogP contribution in [0.1, 0.15) is 33.1 Å². The maximum atomic E-state index is 3.50. The van der Waals surface area contributed by atoms with E-state index in [9.17, 15) is 0 Å². The SMILES string of the molecule is CC(C)C#CC1C[C@H]2CC[C@@H]1CN2C. The average molecular weight is 191 g/mol. The van der Waals surface area contributed by atoms with Crippen LogP contribution in [-0.4, -0.2) is 24.5 Å². The summed E-state index contributed by atoms with van der Waals surface area (Å²) >= 11 is 0. The molecule has 0 amide bonds. The molecule has 3 rings (SSSR count). The minimum absolute atomic E-state index is 0.535. The van der Waals surface area contributed by atoms with E-state index in [1.165, 1.54) is 25.8 Å². The Kier molecular flexibility index (Phi) is 2.83. The minimum atomic E-state index is 0.535. The van der Waals surface area contributed by atoms with Crippen LogP contribution in [0, 0.1) is 29.6 Å². The van der Waals surface area contributed by atoms with Crippen molar-refractivity contribution in [2.45, 2.75) is 39.2 Å². The van der Waals surface area contributed by atoms with Gasteiger partial charge in [0.25, 0.3) is 0 Å². The number of hydrogen-bond donors (Lipinski definition) is 0. The summed E-state index contributed by atoms with van der Waals surface area (Å²) in [6, 6.07) is 0.825. The van der Waals surface area contributed by atoms with Gasteiger partial charge in [0, 0.05) is 24.4 Å². The molecule has 1 aliphatic carbocycles. The van der Waals surface area contributed by atoms with E-state index in [0.717, 1.165) is 12.0 Å². The summed E-state index contributed by atoms with van der Waals surface area (Å²) in [5.41, 5.74) is 0. The zero-order valence-electron chi connectivity index (χ0n) is 9.59. The lowest BCUT2D eigenvalue weighted by atomic mass is 9.72. The van der Waals surface area contributed by atoms with E-state index in [1.54, 1.807) is 0 Å². The molecule has 1 saturated carbocycles. The van der Waals surface area contributed by atoms with Crippen LogP contribution in [0.3, 0.4) is 0 Å². The van der Waals surface area contributed by atoms with Crippen molar-refractivity contribution in [1.29, 1.82) is 0 Å². The number of fused-ring (bicyclic) bond motifs is 3. The van der Waals surface area contributed by atoms with Gasteiger partial charge in [-0.1, -0.05) is 19.8 Å². The standard InChI is InChI=1S/C13H21N/c1-10(2)4-5-11-8-13-7-6-12(11)9-14(13)3/h10-13H,6-9H2,1-3H3/t11?,12-,13-/m1/s1. The number of hydrogen-bond acceptors (Lipinski definition) is 1. The van der Waals surface area contributed by atoms with Gasteiger partial charge in [-0.05, 0) is 32.2 Å². The minimum Gasteiger partial charge on any atom is -0.303 e. The molecule has 3 aliphatic rings. The molecule has 3 fully saturated rings. The molecule has 0 N–H and O–H groups in total. The van der Waals surface area contributed by atoms with Crippen molar-refractivity contribution in [1.82, 2.24) is 4.90 Å². The molecule has 0 aromatic rings. The van der Waals surface area contributed by atoms with Gasteiger partial charge in [0.05, 0.1) is 0 Å². The molecule has 78 valence electrons. The molecule has 0 aromatic carbocycles. The Morgan fingerprint density at radius 2 is 2.07 bits per heavy atom. The van der Waals surface area contributed by atoms with Crippen molar-refractivity contribution < 1.29 is 0 Å². The van der Waals surface area contributed by atoms with Crippen LogP contribution < -0.4 is 0 Å². The molecule has 0 spiro atoms. The fourth-order valence-corrected chi connectivity index (χ4v) is 2.80. The van der Waals surface area contributed by atoms with Gasteiger partial charge in [-0.15, -0.1) is 5.92 Å². The van der Waals surface area contributed by atoms with Crippen LogP contribution in [-0.2, 0) is 0 Å². The molecule has 2 saturated heterocycles. The third-order valence-electron chi connectivity index (χ3n) is 3.67. The monoisotopic (exact) mass is 191 g/mol. The van der Waals surface area contributed by atoms with Gasteiger partial charge in [-0.2, -0.15) is 0 Å². The first-order chi connectivity index (χ1) is 6.66. The van der Waals surface area contributed by atoms with Gasteiger partial charge in [0.2, 0.25) is 0 Å². The van der Waals surface area contributed by atoms with Crippen LogP contribution in [0.2, 0.25) is 0 Å². The van der Waals surface area contributed by atoms with Crippen molar-refractivity contribution >= 4 is 0 Å². The Balaban J connectivity index is 2.01. The molecular formula is C13H21N. The molecule has 1 nitrogen and oxygen atoms in total. The molecule has 0 radical (unpaired) electrons. The maximum absolute atomic E-state index is 3.50. The van der Waals surface area contributed by atoms with Crippen molar-refractivity contribution in [2.75, 3.05) is 13.6 Å². The second-order valence-corrected chi connectivity index (χ2v) is 5.22. The summed E-state index contributed by atoms with van der Waals surface area (Å²) in [4.78, 5) is 2.53. The third kappa shape index (κ3) is 1.96. The first kappa shape index (κ1) is 10.1. The molecule has 2 aliphatic heterocycles. The summed E-state index contributed by atoms with van der Waals surface area (Å²) < 4.78 is 0. The van der Waals surface area contributed by atoms with E-state index in [1.807, 2.05) is 0 Å². The van der Waals surface area contributed by atoms with E-state index in [4.69, 9.17) is 0 Å². The third-order valence-corrected chi connectivity index (χ3v) is 3.67. The molecular weight excluding hydrogens is 170 g/mol. The Morgan fingerprint density at radius 1 is 1.29 bits per heavy atom. The lowest BCUT2D eigenvalue weighted by Gasteiger charge is -2.46. The zero-order valence-corrected chi connectivity index (χ0v) is 9.59. The first-order valence-electron chi connectivity index (χ1n) is 5.88. The highest BCUT2D eigenvalue weighted by molar-refractivity contribution is 5.11. The van der Waals surface area contributed by atoms with Crippen LogP contribution in [0.5, 0.6) is 0 Å². The summed E-state index contributed by atoms with van der Waals surface area (Å²) in [6.07, 6.45) is 4.13. The molecule has 14 heavy (non-hydrogen) atoms. The molecule has 2 heterocycles. The Hall–Kier alpha value is -0.480. The average Bonchev–Trinajstić information content (AvgIpc) is 2.16. The lowest BCUT2D eigenvalue weighted by molar-refractivity contribution is 0.0454. The normalized spacial score (nSPS) is 37.0. The van der Waals surface area contributed by atoms with Crippen LogP contribution >= 0.6 is 0 Å². The van der Waals surface area contributed by atoms with E-state index < -0.39 is 0 Å². The fourth-order valence-electron chi connectivity index (χ4n) is 2.80. The Bertz CT molecular complexity index is 258. The molecule has 1 unspecified atom stereocenters. The van der Waals surface area contributed by atoms with Crippen LogP contribution in [0.25, 0.3) is 0 Å². The largest absolute Gasteiger partial charge is 0.303 e. The summed E-state index contributed by atoms with van der Waals surface area (Å²) in [5.74, 6) is 8.94. The quantitative estimate of drug-likeness (QED) is 0.531. The summed E-state index contributed by atoms with van der Waals surface area (Å²) in [7, 11) is 2.27. The second kappa shape index (κ2) is 3.95. The summed E-state index contributed by atoms with van der Waals surface area (Å²) in [6.45, 7) is 5.64. The van der Waals surface area contributed by atoms with Crippen LogP contribution in [0.4, 0.5) is 0 Å². The van der Waals surface area contributed by atoms with Gasteiger partial charge < -0.3 is 4.90 Å².